The zero-order valence-corrected chi connectivity index (χ0v) is 85.3. The lowest BCUT2D eigenvalue weighted by Gasteiger charge is -2.62. The van der Waals surface area contributed by atoms with Crippen LogP contribution in [0.3, 0.4) is 0 Å². The van der Waals surface area contributed by atoms with E-state index in [4.69, 9.17) is 94.7 Å². The summed E-state index contributed by atoms with van der Waals surface area (Å²) in [6.45, 7) is 9.82. The van der Waals surface area contributed by atoms with E-state index < -0.39 is 131 Å². The summed E-state index contributed by atoms with van der Waals surface area (Å²) in [6, 6.07) is 44.3. The van der Waals surface area contributed by atoms with Crippen molar-refractivity contribution in [2.75, 3.05) is 93.9 Å². The van der Waals surface area contributed by atoms with Gasteiger partial charge in [0.2, 0.25) is 13.6 Å². The van der Waals surface area contributed by atoms with Crippen molar-refractivity contribution in [1.82, 2.24) is 30.2 Å². The highest BCUT2D eigenvalue weighted by Crippen LogP contribution is 2.69. The van der Waals surface area contributed by atoms with Gasteiger partial charge in [-0.1, -0.05) is 133 Å². The second kappa shape index (κ2) is 41.2. The topological polar surface area (TPSA) is 402 Å². The molecule has 8 bridgehead atoms. The van der Waals surface area contributed by atoms with Gasteiger partial charge in [0, 0.05) is 101 Å². The van der Waals surface area contributed by atoms with Gasteiger partial charge in [0.1, 0.15) is 63.4 Å². The number of benzene rings is 10. The number of thioether (sulfide) groups is 2. The number of carbonyl (C=O) groups excluding carboxylic acids is 8. The molecule has 149 heavy (non-hydrogen) atoms. The molecule has 14 aliphatic rings. The van der Waals surface area contributed by atoms with E-state index in [0.717, 1.165) is 33.4 Å². The molecular formula is C111H109N7O29S2. The second-order valence-electron chi connectivity index (χ2n) is 38.4. The molecule has 14 atom stereocenters. The molecular weight excluding hydrogens is 1960 g/mol. The third-order valence-electron chi connectivity index (χ3n) is 30.2. The lowest BCUT2D eigenvalue weighted by Crippen LogP contribution is -2.70. The van der Waals surface area contributed by atoms with Crippen LogP contribution in [0.5, 0.6) is 80.5 Å². The number of carbonyl (C=O) groups is 8. The molecule has 0 radical (unpaired) electrons. The first-order chi connectivity index (χ1) is 72.2. The Kier molecular flexibility index (Phi) is 27.8. The van der Waals surface area contributed by atoms with Crippen LogP contribution in [-0.4, -0.2) is 204 Å². The number of ether oxygens (including phenoxy) is 20. The number of nitrogens with zero attached hydrogens (tertiary/aromatic N) is 5. The Morgan fingerprint density at radius 1 is 0.430 bits per heavy atom. The molecule has 0 aliphatic carbocycles. The minimum Gasteiger partial charge on any atom is -0.493 e. The lowest BCUT2D eigenvalue weighted by molar-refractivity contribution is -0.186. The average Bonchev–Trinajstić information content (AvgIpc) is 1.33. The van der Waals surface area contributed by atoms with Crippen molar-refractivity contribution in [3.8, 4) is 86.6 Å². The highest BCUT2D eigenvalue weighted by atomic mass is 32.2. The molecule has 0 amide bonds. The summed E-state index contributed by atoms with van der Waals surface area (Å²) in [5.74, 6) is 1.43. The molecule has 0 saturated carbocycles. The maximum atomic E-state index is 15.3. The number of aryl methyl sites for hydroxylation is 2. The minimum absolute atomic E-state index is 0.00385. The maximum Gasteiger partial charge on any atom is 0.514 e. The number of nitriles is 1. The predicted octanol–water partition coefficient (Wildman–Crippen LogP) is 15.4. The summed E-state index contributed by atoms with van der Waals surface area (Å²) >= 11 is 2.83. The van der Waals surface area contributed by atoms with E-state index >= 15 is 9.59 Å². The number of rotatable bonds is 18. The molecule has 14 aliphatic heterocycles. The summed E-state index contributed by atoms with van der Waals surface area (Å²) in [7, 11) is 9.81. The Hall–Kier alpha value is -14.5. The fraction of sp³-hybridized carbons (Fsp3) is 0.378. The summed E-state index contributed by atoms with van der Waals surface area (Å²) in [6.07, 6.45) is -3.26. The standard InChI is InChI=1S/C56H54N4O14S.C55H55N3O15S/c1-29-19-35-20-37-38(23-57)60-39-26-67-53(62)56(36-22-40(65-5)41(21-34(36)17-18-58-56)73-54(63)68-24-32-13-9-7-10-14-32)27-75-52(44-43(39)50-49(70-28-71-50)30(2)48(44)72-31(3)61)46(60)45(59(37)4)42(35)51(47(29)66-6)74-55(64)69-25-33-15-11-8-12-16-33;1-28-19-34-20-36-51(60)58-37-25-66-52(61)55(35-22-38(64-5)39(21-33(35)17-18-56-55)72-53(62)67-23-31-13-9-7-10-14-31)26-74-50(42-41(37)48-47(69-27-70-48)29(2)46(42)71-30(3)59)44(58)43(57(36)4)40(34)49(45(28)65-6)73-54(63)68-24-32-15-11-8-12-16-32/h7-16,19,21-22,37-39,45-46,52,58H,17-18,20,24-28H2,1-6H3;7-16,19,21-22,36-37,43-44,50-51,56,60H,17-18,20,23-27H2,1-6H3/t37-,38-,39-,45+,46?,52+,56+;36-,37-,43+,44?,50+,51-,55+/m00/s1. The number of hydrogen-bond donors (Lipinski definition) is 3. The normalized spacial score (nSPS) is 24.1. The number of likely N-dealkylation sites (N-methyl/N-ethyl adjacent to an activating group) is 2. The summed E-state index contributed by atoms with van der Waals surface area (Å²) in [4.78, 5) is 120. The van der Waals surface area contributed by atoms with Gasteiger partial charge >= 0.3 is 48.5 Å². The van der Waals surface area contributed by atoms with Crippen molar-refractivity contribution < 1.29 is 138 Å². The molecule has 2 spiro atoms. The predicted molar refractivity (Wildman–Crippen MR) is 535 cm³/mol. The molecule has 0 aromatic heterocycles. The van der Waals surface area contributed by atoms with E-state index in [-0.39, 0.29) is 111 Å². The first kappa shape index (κ1) is 100. The van der Waals surface area contributed by atoms with Crippen LogP contribution >= 0.6 is 23.5 Å². The fourth-order valence-electron chi connectivity index (χ4n) is 23.8. The lowest BCUT2D eigenvalue weighted by atomic mass is 9.71. The van der Waals surface area contributed by atoms with Crippen LogP contribution < -0.4 is 76.9 Å². The van der Waals surface area contributed by atoms with Gasteiger partial charge in [-0.05, 0) is 159 Å². The van der Waals surface area contributed by atoms with Gasteiger partial charge in [0.05, 0.1) is 75.2 Å². The molecule has 10 aromatic carbocycles. The van der Waals surface area contributed by atoms with Crippen LogP contribution in [0.2, 0.25) is 0 Å². The maximum absolute atomic E-state index is 15.3. The molecule has 4 saturated heterocycles. The van der Waals surface area contributed by atoms with Crippen LogP contribution in [-0.2, 0) is 111 Å². The van der Waals surface area contributed by atoms with Crippen molar-refractivity contribution in [3.05, 3.63) is 269 Å². The van der Waals surface area contributed by atoms with Crippen molar-refractivity contribution >= 4 is 72.0 Å². The number of aliphatic hydroxyl groups is 1. The average molecular weight is 2070 g/mol. The number of fused-ring (bicyclic) bond motifs is 18. The third-order valence-corrected chi connectivity index (χ3v) is 33.1. The van der Waals surface area contributed by atoms with E-state index in [2.05, 4.69) is 31.4 Å². The highest BCUT2D eigenvalue weighted by Gasteiger charge is 2.65. The van der Waals surface area contributed by atoms with Gasteiger partial charge in [-0.2, -0.15) is 5.26 Å². The number of hydrogen-bond acceptors (Lipinski definition) is 38. The molecule has 2 unspecified atom stereocenters. The van der Waals surface area contributed by atoms with Gasteiger partial charge in [-0.25, -0.2) is 28.8 Å². The van der Waals surface area contributed by atoms with Crippen molar-refractivity contribution in [2.24, 2.45) is 0 Å². The van der Waals surface area contributed by atoms with Crippen LogP contribution in [0, 0.1) is 39.0 Å². The molecule has 38 heteroatoms. The van der Waals surface area contributed by atoms with Crippen molar-refractivity contribution in [2.45, 2.75) is 176 Å². The highest BCUT2D eigenvalue weighted by molar-refractivity contribution is 7.99. The Morgan fingerprint density at radius 3 is 1.18 bits per heavy atom. The minimum atomic E-state index is -1.52. The van der Waals surface area contributed by atoms with E-state index in [1.807, 2.05) is 173 Å². The van der Waals surface area contributed by atoms with Gasteiger partial charge in [0.25, 0.3) is 0 Å². The third kappa shape index (κ3) is 17.9. The molecule has 36 nitrogen and oxygen atoms in total. The summed E-state index contributed by atoms with van der Waals surface area (Å²) in [5.41, 5.74) is 10.4. The van der Waals surface area contributed by atoms with Crippen molar-refractivity contribution in [1.29, 1.82) is 5.26 Å². The second-order valence-corrected chi connectivity index (χ2v) is 40.7. The quantitative estimate of drug-likeness (QED) is 0.0311. The first-order valence-electron chi connectivity index (χ1n) is 49.0. The Labute approximate surface area is 866 Å². The van der Waals surface area contributed by atoms with E-state index in [9.17, 15) is 39.1 Å². The molecule has 24 rings (SSSR count). The van der Waals surface area contributed by atoms with Gasteiger partial charge in [0.15, 0.2) is 80.1 Å². The molecule has 14 heterocycles. The number of aliphatic hydroxyl groups excluding tert-OH is 1. The largest absolute Gasteiger partial charge is 0.514 e. The number of nitrogens with one attached hydrogen (secondary N) is 2. The summed E-state index contributed by atoms with van der Waals surface area (Å²) in [5, 5.41) is 30.1. The van der Waals surface area contributed by atoms with E-state index in [1.54, 1.807) is 31.2 Å². The van der Waals surface area contributed by atoms with E-state index in [1.165, 1.54) is 65.8 Å². The molecule has 3 N–H and O–H groups in total. The number of esters is 4. The first-order valence-corrected chi connectivity index (χ1v) is 51.1. The van der Waals surface area contributed by atoms with Crippen LogP contribution in [0.1, 0.15) is 160 Å². The monoisotopic (exact) mass is 2070 g/mol. The van der Waals surface area contributed by atoms with Gasteiger partial charge in [-0.3, -0.25) is 39.8 Å². The Bertz CT molecular complexity index is 7060. The fourth-order valence-corrected chi connectivity index (χ4v) is 27.2. The van der Waals surface area contributed by atoms with Crippen LogP contribution in [0.4, 0.5) is 19.2 Å². The molecule has 10 aromatic rings. The molecule has 774 valence electrons. The van der Waals surface area contributed by atoms with E-state index in [0.29, 0.717) is 151 Å². The zero-order valence-electron chi connectivity index (χ0n) is 83.7. The number of piperazine rings is 2. The van der Waals surface area contributed by atoms with Gasteiger partial charge < -0.3 is 99.8 Å². The van der Waals surface area contributed by atoms with Crippen LogP contribution in [0.15, 0.2) is 158 Å². The molecule has 4 fully saturated rings. The summed E-state index contributed by atoms with van der Waals surface area (Å²) < 4.78 is 121. The SMILES string of the molecule is COc1cc2c(cc1OC(=O)OCc1ccccc1)CCN[C@]21CS[C@@H]2c3c(OC(C)=O)c(C)c4c(c3[C@H](COC1=O)N1C2[C@H]2c3c(cc(C)c(OC)c3OC(=O)OCc3ccccc3)C[C@@H]([C@@H]1C#N)N2C)OCO4.COc1cc2c(cc1OC(=O)OCc1ccccc1)CCN[C@]21CS[C@@H]2c3c(OC(C)=O)c(C)c4c(c3[C@H](COC1=O)N1C2[C@H]2c3c(cc(C)c(OC)c3OC(=O)OCc3ccccc3)C[C@@H]([C@@H]1O)N2C)OCO4. The zero-order chi connectivity index (χ0) is 104. The van der Waals surface area contributed by atoms with Crippen molar-refractivity contribution in [3.63, 3.8) is 0 Å². The Balaban J connectivity index is 0.000000174. The van der Waals surface area contributed by atoms with Crippen LogP contribution in [0.25, 0.3) is 0 Å². The smallest absolute Gasteiger partial charge is 0.493 e. The van der Waals surface area contributed by atoms with Gasteiger partial charge in [-0.15, -0.1) is 23.5 Å². The number of methoxy groups -OCH3 is 4. The Morgan fingerprint density at radius 2 is 0.799 bits per heavy atom.